The van der Waals surface area contributed by atoms with E-state index in [2.05, 4.69) is 5.32 Å². The Balaban J connectivity index is 1.66. The van der Waals surface area contributed by atoms with Gasteiger partial charge >= 0.3 is 0 Å². The van der Waals surface area contributed by atoms with Crippen LogP contribution < -0.4 is 15.0 Å². The summed E-state index contributed by atoms with van der Waals surface area (Å²) in [4.78, 5) is 26.3. The molecule has 0 bridgehead atoms. The summed E-state index contributed by atoms with van der Waals surface area (Å²) in [5.41, 5.74) is 1.31. The van der Waals surface area contributed by atoms with Gasteiger partial charge in [-0.25, -0.2) is 0 Å². The number of hydrogen-bond donors (Lipinski definition) is 2. The molecule has 0 aromatic heterocycles. The van der Waals surface area contributed by atoms with Crippen molar-refractivity contribution in [2.75, 3.05) is 18.6 Å². The Morgan fingerprint density at radius 1 is 1.24 bits per heavy atom. The molecule has 1 heterocycles. The third kappa shape index (κ3) is 3.57. The highest BCUT2D eigenvalue weighted by Crippen LogP contribution is 2.32. The van der Waals surface area contributed by atoms with Crippen LogP contribution in [0.3, 0.4) is 0 Å². The number of carbonyl (C=O) groups excluding carboxylic acids is 2. The van der Waals surface area contributed by atoms with E-state index in [-0.39, 0.29) is 30.5 Å². The average Bonchev–Trinajstić information content (AvgIpc) is 3.02. The van der Waals surface area contributed by atoms with E-state index in [4.69, 9.17) is 4.74 Å². The zero-order valence-corrected chi connectivity index (χ0v) is 13.9. The maximum atomic E-state index is 12.4. The van der Waals surface area contributed by atoms with E-state index in [1.807, 2.05) is 12.1 Å². The Morgan fingerprint density at radius 2 is 1.96 bits per heavy atom. The predicted molar refractivity (Wildman–Crippen MR) is 93.4 cm³/mol. The molecule has 1 fully saturated rings. The minimum atomic E-state index is -0.428. The lowest BCUT2D eigenvalue weighted by molar-refractivity contribution is -0.126. The van der Waals surface area contributed by atoms with Gasteiger partial charge in [-0.15, -0.1) is 0 Å². The highest BCUT2D eigenvalue weighted by molar-refractivity contribution is 6.01. The lowest BCUT2D eigenvalue weighted by Gasteiger charge is -2.19. The molecular weight excluding hydrogens is 320 g/mol. The van der Waals surface area contributed by atoms with Gasteiger partial charge in [-0.2, -0.15) is 0 Å². The van der Waals surface area contributed by atoms with Crippen LogP contribution in [0.25, 0.3) is 0 Å². The van der Waals surface area contributed by atoms with Crippen molar-refractivity contribution >= 4 is 17.5 Å². The third-order valence-electron chi connectivity index (χ3n) is 4.32. The molecule has 130 valence electrons. The van der Waals surface area contributed by atoms with E-state index >= 15 is 0 Å². The molecule has 2 aromatic rings. The monoisotopic (exact) mass is 340 g/mol. The number of methoxy groups -OCH3 is 1. The van der Waals surface area contributed by atoms with Gasteiger partial charge in [-0.05, 0) is 18.2 Å². The SMILES string of the molecule is COc1ccccc1N1C[C@H](C(=O)NCc2ccccc2O)CC1=O. The number of phenols is 1. The second-order valence-electron chi connectivity index (χ2n) is 5.92. The second kappa shape index (κ2) is 7.25. The Bertz CT molecular complexity index is 790. The van der Waals surface area contributed by atoms with Crippen LogP contribution in [-0.4, -0.2) is 30.6 Å². The van der Waals surface area contributed by atoms with E-state index in [0.29, 0.717) is 23.5 Å². The van der Waals surface area contributed by atoms with Crippen molar-refractivity contribution in [1.29, 1.82) is 0 Å². The van der Waals surface area contributed by atoms with Gasteiger partial charge in [0.2, 0.25) is 11.8 Å². The molecule has 1 saturated heterocycles. The fourth-order valence-corrected chi connectivity index (χ4v) is 2.96. The summed E-state index contributed by atoms with van der Waals surface area (Å²) in [7, 11) is 1.55. The van der Waals surface area contributed by atoms with Crippen LogP contribution in [0.4, 0.5) is 5.69 Å². The number of phenolic OH excluding ortho intramolecular Hbond substituents is 1. The fourth-order valence-electron chi connectivity index (χ4n) is 2.96. The molecule has 1 atom stereocenters. The first-order valence-electron chi connectivity index (χ1n) is 8.08. The number of nitrogens with zero attached hydrogens (tertiary/aromatic N) is 1. The second-order valence-corrected chi connectivity index (χ2v) is 5.92. The Hall–Kier alpha value is -3.02. The molecule has 2 N–H and O–H groups in total. The summed E-state index contributed by atoms with van der Waals surface area (Å²) in [5, 5.41) is 12.5. The van der Waals surface area contributed by atoms with Crippen molar-refractivity contribution in [1.82, 2.24) is 5.32 Å². The van der Waals surface area contributed by atoms with Gasteiger partial charge in [0.15, 0.2) is 0 Å². The molecule has 2 aromatic carbocycles. The fraction of sp³-hybridized carbons (Fsp3) is 0.263. The molecule has 0 spiro atoms. The molecule has 2 amide bonds. The van der Waals surface area contributed by atoms with Crippen LogP contribution in [0.15, 0.2) is 48.5 Å². The molecular formula is C19H20N2O4. The minimum absolute atomic E-state index is 0.104. The van der Waals surface area contributed by atoms with E-state index < -0.39 is 5.92 Å². The first-order chi connectivity index (χ1) is 12.1. The predicted octanol–water partition coefficient (Wildman–Crippen LogP) is 2.07. The number of ether oxygens (including phenoxy) is 1. The smallest absolute Gasteiger partial charge is 0.227 e. The number of para-hydroxylation sites is 3. The third-order valence-corrected chi connectivity index (χ3v) is 4.32. The van der Waals surface area contributed by atoms with Gasteiger partial charge in [-0.1, -0.05) is 30.3 Å². The van der Waals surface area contributed by atoms with Crippen molar-refractivity contribution in [3.05, 3.63) is 54.1 Å². The van der Waals surface area contributed by atoms with E-state index in [1.165, 1.54) is 0 Å². The zero-order chi connectivity index (χ0) is 17.8. The molecule has 0 aliphatic carbocycles. The van der Waals surface area contributed by atoms with Gasteiger partial charge in [0.05, 0.1) is 18.7 Å². The number of rotatable bonds is 5. The summed E-state index contributed by atoms with van der Waals surface area (Å²) < 4.78 is 5.30. The molecule has 0 unspecified atom stereocenters. The standard InChI is InChI=1S/C19H20N2O4/c1-25-17-9-5-3-7-15(17)21-12-14(10-18(21)23)19(24)20-11-13-6-2-4-8-16(13)22/h2-9,14,22H,10-12H2,1H3,(H,20,24)/t14-/m1/s1. The Kier molecular flexibility index (Phi) is 4.88. The summed E-state index contributed by atoms with van der Waals surface area (Å²) >= 11 is 0. The van der Waals surface area contributed by atoms with Crippen LogP contribution in [0, 0.1) is 5.92 Å². The van der Waals surface area contributed by atoms with Crippen LogP contribution in [0.5, 0.6) is 11.5 Å². The van der Waals surface area contributed by atoms with Crippen molar-refractivity contribution in [3.8, 4) is 11.5 Å². The quantitative estimate of drug-likeness (QED) is 0.873. The van der Waals surface area contributed by atoms with Crippen LogP contribution in [-0.2, 0) is 16.1 Å². The Morgan fingerprint density at radius 3 is 2.72 bits per heavy atom. The van der Waals surface area contributed by atoms with E-state index in [9.17, 15) is 14.7 Å². The topological polar surface area (TPSA) is 78.9 Å². The number of benzene rings is 2. The van der Waals surface area contributed by atoms with Gasteiger partial charge in [-0.3, -0.25) is 9.59 Å². The van der Waals surface area contributed by atoms with Gasteiger partial charge in [0.1, 0.15) is 11.5 Å². The highest BCUT2D eigenvalue weighted by Gasteiger charge is 2.36. The number of aromatic hydroxyl groups is 1. The van der Waals surface area contributed by atoms with Crippen LogP contribution in [0.1, 0.15) is 12.0 Å². The molecule has 6 heteroatoms. The minimum Gasteiger partial charge on any atom is -0.508 e. The summed E-state index contributed by atoms with van der Waals surface area (Å²) in [6, 6.07) is 14.1. The van der Waals surface area contributed by atoms with Crippen molar-refractivity contribution < 1.29 is 19.4 Å². The first-order valence-corrected chi connectivity index (χ1v) is 8.08. The number of amides is 2. The van der Waals surface area contributed by atoms with Gasteiger partial charge in [0.25, 0.3) is 0 Å². The summed E-state index contributed by atoms with van der Waals surface area (Å²) in [6.07, 6.45) is 0.157. The number of anilines is 1. The van der Waals surface area contributed by atoms with Crippen molar-refractivity contribution in [2.45, 2.75) is 13.0 Å². The molecule has 25 heavy (non-hydrogen) atoms. The molecule has 6 nitrogen and oxygen atoms in total. The molecule has 1 aliphatic rings. The molecule has 3 rings (SSSR count). The van der Waals surface area contributed by atoms with Crippen LogP contribution in [0.2, 0.25) is 0 Å². The lowest BCUT2D eigenvalue weighted by atomic mass is 10.1. The van der Waals surface area contributed by atoms with Gasteiger partial charge < -0.3 is 20.1 Å². The maximum absolute atomic E-state index is 12.4. The van der Waals surface area contributed by atoms with E-state index in [1.54, 1.807) is 48.4 Å². The number of nitrogens with one attached hydrogen (secondary N) is 1. The maximum Gasteiger partial charge on any atom is 0.227 e. The zero-order valence-electron chi connectivity index (χ0n) is 13.9. The average molecular weight is 340 g/mol. The molecule has 0 saturated carbocycles. The normalized spacial score (nSPS) is 16.8. The molecule has 0 radical (unpaired) electrons. The first kappa shape index (κ1) is 16.8. The van der Waals surface area contributed by atoms with Crippen molar-refractivity contribution in [3.63, 3.8) is 0 Å². The molecule has 1 aliphatic heterocycles. The largest absolute Gasteiger partial charge is 0.508 e. The highest BCUT2D eigenvalue weighted by atomic mass is 16.5. The Labute approximate surface area is 146 Å². The van der Waals surface area contributed by atoms with E-state index in [0.717, 1.165) is 0 Å². The van der Waals surface area contributed by atoms with Crippen LogP contribution >= 0.6 is 0 Å². The number of hydrogen-bond acceptors (Lipinski definition) is 4. The van der Waals surface area contributed by atoms with Gasteiger partial charge in [0, 0.05) is 25.1 Å². The summed E-state index contributed by atoms with van der Waals surface area (Å²) in [5.74, 6) is 0.0107. The number of carbonyl (C=O) groups is 2. The summed E-state index contributed by atoms with van der Waals surface area (Å²) in [6.45, 7) is 0.538. The lowest BCUT2D eigenvalue weighted by Crippen LogP contribution is -2.32. The van der Waals surface area contributed by atoms with Crippen molar-refractivity contribution in [2.24, 2.45) is 5.92 Å².